The molecule has 4 nitrogen and oxygen atoms in total. The van der Waals surface area contributed by atoms with Gasteiger partial charge in [0.15, 0.2) is 0 Å². The molecule has 0 heterocycles. The lowest BCUT2D eigenvalue weighted by Gasteiger charge is -2.20. The summed E-state index contributed by atoms with van der Waals surface area (Å²) in [6.07, 6.45) is 4.83. The Morgan fingerprint density at radius 2 is 1.69 bits per heavy atom. The molecular formula is C22H26N2O2. The number of nitrogens with one attached hydrogen (secondary N) is 2. The highest BCUT2D eigenvalue weighted by Gasteiger charge is 2.15. The van der Waals surface area contributed by atoms with Crippen molar-refractivity contribution in [1.29, 1.82) is 0 Å². The molecule has 2 aromatic rings. The second kappa shape index (κ2) is 8.17. The van der Waals surface area contributed by atoms with Crippen molar-refractivity contribution in [3.05, 3.63) is 70.3 Å². The van der Waals surface area contributed by atoms with Gasteiger partial charge in [-0.2, -0.15) is 0 Å². The maximum absolute atomic E-state index is 12.5. The molecule has 0 saturated heterocycles. The van der Waals surface area contributed by atoms with Gasteiger partial charge in [0.2, 0.25) is 5.91 Å². The molecule has 26 heavy (non-hydrogen) atoms. The third-order valence-electron chi connectivity index (χ3n) is 4.98. The van der Waals surface area contributed by atoms with Gasteiger partial charge in [0.1, 0.15) is 0 Å². The van der Waals surface area contributed by atoms with Crippen molar-refractivity contribution in [2.75, 3.05) is 0 Å². The molecule has 0 aliphatic heterocycles. The Hall–Kier alpha value is -2.62. The minimum absolute atomic E-state index is 0.0335. The molecule has 1 unspecified atom stereocenters. The molecule has 0 fully saturated rings. The van der Waals surface area contributed by atoms with Crippen LogP contribution in [-0.4, -0.2) is 11.8 Å². The quantitative estimate of drug-likeness (QED) is 0.864. The lowest BCUT2D eigenvalue weighted by molar-refractivity contribution is -0.119. The number of rotatable bonds is 5. The van der Waals surface area contributed by atoms with Crippen molar-refractivity contribution < 1.29 is 9.59 Å². The highest BCUT2D eigenvalue weighted by molar-refractivity contribution is 5.94. The molecule has 1 aliphatic carbocycles. The first-order valence-corrected chi connectivity index (χ1v) is 9.29. The molecule has 1 atom stereocenters. The maximum Gasteiger partial charge on any atom is 0.251 e. The zero-order valence-electron chi connectivity index (χ0n) is 15.5. The van der Waals surface area contributed by atoms with Gasteiger partial charge in [-0.05, 0) is 67.0 Å². The number of benzene rings is 2. The molecule has 0 radical (unpaired) electrons. The van der Waals surface area contributed by atoms with Crippen LogP contribution in [0.1, 0.15) is 65.3 Å². The highest BCUT2D eigenvalue weighted by Crippen LogP contribution is 2.25. The zero-order chi connectivity index (χ0) is 18.5. The minimum atomic E-state index is -0.0821. The topological polar surface area (TPSA) is 58.2 Å². The first-order valence-electron chi connectivity index (χ1n) is 9.29. The largest absolute Gasteiger partial charge is 0.352 e. The fraction of sp³-hybridized carbons (Fsp3) is 0.364. The third kappa shape index (κ3) is 4.51. The minimum Gasteiger partial charge on any atom is -0.352 e. The Kier molecular flexibility index (Phi) is 5.71. The molecular weight excluding hydrogens is 324 g/mol. The number of fused-ring (bicyclic) bond motifs is 1. The van der Waals surface area contributed by atoms with E-state index in [1.54, 1.807) is 12.1 Å². The highest BCUT2D eigenvalue weighted by atomic mass is 16.2. The van der Waals surface area contributed by atoms with E-state index in [1.807, 2.05) is 19.1 Å². The van der Waals surface area contributed by atoms with Gasteiger partial charge in [-0.25, -0.2) is 0 Å². The van der Waals surface area contributed by atoms with E-state index < -0.39 is 0 Å². The summed E-state index contributed by atoms with van der Waals surface area (Å²) < 4.78 is 0. The van der Waals surface area contributed by atoms with Crippen LogP contribution in [0.5, 0.6) is 0 Å². The number of carbonyl (C=O) groups excluding carboxylic acids is 2. The van der Waals surface area contributed by atoms with Gasteiger partial charge in [0, 0.05) is 19.0 Å². The van der Waals surface area contributed by atoms with Gasteiger partial charge in [-0.3, -0.25) is 9.59 Å². The van der Waals surface area contributed by atoms with Crippen LogP contribution in [0.15, 0.2) is 42.5 Å². The van der Waals surface area contributed by atoms with Gasteiger partial charge < -0.3 is 10.6 Å². The van der Waals surface area contributed by atoms with Crippen LogP contribution in [0.4, 0.5) is 0 Å². The van der Waals surface area contributed by atoms with Gasteiger partial charge >= 0.3 is 0 Å². The van der Waals surface area contributed by atoms with Crippen LogP contribution < -0.4 is 10.6 Å². The Morgan fingerprint density at radius 1 is 1.00 bits per heavy atom. The van der Waals surface area contributed by atoms with E-state index in [4.69, 9.17) is 0 Å². The monoisotopic (exact) mass is 350 g/mol. The van der Waals surface area contributed by atoms with Crippen LogP contribution in [0.3, 0.4) is 0 Å². The lowest BCUT2D eigenvalue weighted by Crippen LogP contribution is -2.27. The van der Waals surface area contributed by atoms with Crippen molar-refractivity contribution in [2.45, 2.75) is 52.1 Å². The number of hydrogen-bond donors (Lipinski definition) is 2. The first-order chi connectivity index (χ1) is 12.5. The fourth-order valence-electron chi connectivity index (χ4n) is 3.39. The number of carbonyl (C=O) groups is 2. The molecule has 3 rings (SSSR count). The van der Waals surface area contributed by atoms with E-state index >= 15 is 0 Å². The normalized spacial score (nSPS) is 14.2. The van der Waals surface area contributed by atoms with Crippen molar-refractivity contribution in [3.63, 3.8) is 0 Å². The number of hydrogen-bond acceptors (Lipinski definition) is 2. The van der Waals surface area contributed by atoms with Crippen LogP contribution in [-0.2, 0) is 24.2 Å². The molecule has 0 saturated carbocycles. The second-order valence-corrected chi connectivity index (χ2v) is 7.04. The third-order valence-corrected chi connectivity index (χ3v) is 4.98. The molecule has 2 N–H and O–H groups in total. The molecule has 0 bridgehead atoms. The molecule has 0 spiro atoms. The van der Waals surface area contributed by atoms with Gasteiger partial charge in [-0.1, -0.05) is 30.3 Å². The summed E-state index contributed by atoms with van der Waals surface area (Å²) >= 11 is 0. The maximum atomic E-state index is 12.5. The van der Waals surface area contributed by atoms with Gasteiger partial charge in [0.25, 0.3) is 5.91 Å². The molecule has 4 heteroatoms. The Balaban J connectivity index is 1.62. The zero-order valence-corrected chi connectivity index (χ0v) is 15.5. The Labute approximate surface area is 155 Å². The van der Waals surface area contributed by atoms with E-state index in [2.05, 4.69) is 28.8 Å². The average molecular weight is 350 g/mol. The van der Waals surface area contributed by atoms with Gasteiger partial charge in [0.05, 0.1) is 6.04 Å². The van der Waals surface area contributed by atoms with E-state index in [0.29, 0.717) is 12.1 Å². The van der Waals surface area contributed by atoms with Crippen LogP contribution in [0, 0.1) is 0 Å². The van der Waals surface area contributed by atoms with Crippen LogP contribution >= 0.6 is 0 Å². The fourth-order valence-corrected chi connectivity index (χ4v) is 3.39. The van der Waals surface area contributed by atoms with E-state index in [-0.39, 0.29) is 17.9 Å². The van der Waals surface area contributed by atoms with Gasteiger partial charge in [-0.15, -0.1) is 0 Å². The summed E-state index contributed by atoms with van der Waals surface area (Å²) in [6, 6.07) is 13.9. The summed E-state index contributed by atoms with van der Waals surface area (Å²) in [4.78, 5) is 23.5. The predicted molar refractivity (Wildman–Crippen MR) is 103 cm³/mol. The molecule has 0 aromatic heterocycles. The van der Waals surface area contributed by atoms with Crippen molar-refractivity contribution in [2.24, 2.45) is 0 Å². The molecule has 136 valence electrons. The predicted octanol–water partition coefficient (Wildman–Crippen LogP) is 3.69. The van der Waals surface area contributed by atoms with E-state index in [1.165, 1.54) is 37.3 Å². The smallest absolute Gasteiger partial charge is 0.251 e. The summed E-state index contributed by atoms with van der Waals surface area (Å²) in [6.45, 7) is 3.99. The summed E-state index contributed by atoms with van der Waals surface area (Å²) in [5.41, 5.74) is 5.63. The molecule has 1 aliphatic rings. The number of amides is 2. The Morgan fingerprint density at radius 3 is 2.38 bits per heavy atom. The number of aryl methyl sites for hydroxylation is 2. The Bertz CT molecular complexity index is 796. The van der Waals surface area contributed by atoms with Crippen molar-refractivity contribution >= 4 is 11.8 Å². The van der Waals surface area contributed by atoms with E-state index in [9.17, 15) is 9.59 Å². The second-order valence-electron chi connectivity index (χ2n) is 7.04. The molecule has 2 aromatic carbocycles. The van der Waals surface area contributed by atoms with Crippen molar-refractivity contribution in [1.82, 2.24) is 10.6 Å². The average Bonchev–Trinajstić information content (AvgIpc) is 2.66. The molecule has 2 amide bonds. The van der Waals surface area contributed by atoms with E-state index in [0.717, 1.165) is 17.5 Å². The SMILES string of the molecule is CC(=O)NCc1ccc(C(=O)NC(C)c2ccc3c(c2)CCCC3)cc1. The summed E-state index contributed by atoms with van der Waals surface area (Å²) in [7, 11) is 0. The first kappa shape index (κ1) is 18.2. The van der Waals surface area contributed by atoms with Crippen LogP contribution in [0.2, 0.25) is 0 Å². The lowest BCUT2D eigenvalue weighted by atomic mass is 9.89. The summed E-state index contributed by atoms with van der Waals surface area (Å²) in [5, 5.41) is 5.83. The van der Waals surface area contributed by atoms with Crippen LogP contribution in [0.25, 0.3) is 0 Å². The van der Waals surface area contributed by atoms with Crippen molar-refractivity contribution in [3.8, 4) is 0 Å². The summed E-state index contributed by atoms with van der Waals surface area (Å²) in [5.74, 6) is -0.146. The standard InChI is InChI=1S/C22H26N2O2/c1-15(20-12-11-18-5-3-4-6-21(18)13-20)24-22(26)19-9-7-17(8-10-19)14-23-16(2)25/h7-13,15H,3-6,14H2,1-2H3,(H,23,25)(H,24,26).